The fourth-order valence-electron chi connectivity index (χ4n) is 2.77. The number of carbonyl (C=O) groups excluding carboxylic acids is 2. The van der Waals surface area contributed by atoms with Crippen molar-refractivity contribution < 1.29 is 14.3 Å². The number of pyridine rings is 1. The number of para-hydroxylation sites is 1. The molecule has 0 bridgehead atoms. The Hall–Kier alpha value is -2.89. The zero-order valence-corrected chi connectivity index (χ0v) is 13.5. The van der Waals surface area contributed by atoms with Gasteiger partial charge in [-0.3, -0.25) is 14.6 Å². The highest BCUT2D eigenvalue weighted by Gasteiger charge is 2.25. The molecular weight excluding hydrogens is 306 g/mol. The minimum Gasteiger partial charge on any atom is -0.493 e. The first-order valence-corrected chi connectivity index (χ1v) is 7.94. The second-order valence-electron chi connectivity index (χ2n) is 5.41. The summed E-state index contributed by atoms with van der Waals surface area (Å²) in [4.78, 5) is 30.5. The van der Waals surface area contributed by atoms with Crippen LogP contribution in [0.4, 0.5) is 5.69 Å². The van der Waals surface area contributed by atoms with Crippen LogP contribution in [0, 0.1) is 0 Å². The molecule has 1 aromatic carbocycles. The van der Waals surface area contributed by atoms with E-state index in [1.165, 1.54) is 0 Å². The molecule has 2 heterocycles. The van der Waals surface area contributed by atoms with E-state index in [4.69, 9.17) is 4.74 Å². The first-order chi connectivity index (χ1) is 11.7. The van der Waals surface area contributed by atoms with Crippen molar-refractivity contribution in [2.24, 2.45) is 0 Å². The van der Waals surface area contributed by atoms with Crippen LogP contribution in [0.3, 0.4) is 0 Å². The van der Waals surface area contributed by atoms with Crippen molar-refractivity contribution >= 4 is 17.5 Å². The third-order valence-corrected chi connectivity index (χ3v) is 3.91. The first-order valence-electron chi connectivity index (χ1n) is 7.94. The number of rotatable bonds is 5. The molecule has 0 fully saturated rings. The maximum Gasteiger partial charge on any atom is 0.255 e. The number of nitrogens with one attached hydrogen (secondary N) is 1. The van der Waals surface area contributed by atoms with Crippen molar-refractivity contribution in [1.82, 2.24) is 10.3 Å². The highest BCUT2D eigenvalue weighted by molar-refractivity contribution is 6.02. The SMILES string of the molecule is CCOc1ccccc1C(=O)NCC(=O)N1CCc2cnccc21. The summed E-state index contributed by atoms with van der Waals surface area (Å²) in [6.07, 6.45) is 4.23. The van der Waals surface area contributed by atoms with Crippen LogP contribution in [-0.4, -0.2) is 36.5 Å². The number of carbonyl (C=O) groups is 2. The quantitative estimate of drug-likeness (QED) is 0.910. The molecule has 3 rings (SSSR count). The molecule has 0 saturated carbocycles. The number of hydrogen-bond acceptors (Lipinski definition) is 4. The Kier molecular flexibility index (Phi) is 4.74. The predicted molar refractivity (Wildman–Crippen MR) is 90.2 cm³/mol. The Morgan fingerprint density at radius 2 is 2.12 bits per heavy atom. The average Bonchev–Trinajstić information content (AvgIpc) is 3.04. The van der Waals surface area contributed by atoms with Crippen molar-refractivity contribution in [3.8, 4) is 5.75 Å². The lowest BCUT2D eigenvalue weighted by molar-refractivity contribution is -0.117. The number of aromatic nitrogens is 1. The lowest BCUT2D eigenvalue weighted by atomic mass is 10.2. The molecule has 24 heavy (non-hydrogen) atoms. The fourth-order valence-corrected chi connectivity index (χ4v) is 2.77. The van der Waals surface area contributed by atoms with Gasteiger partial charge in [0.2, 0.25) is 5.91 Å². The summed E-state index contributed by atoms with van der Waals surface area (Å²) in [5, 5.41) is 2.68. The normalized spacial score (nSPS) is 12.6. The molecule has 0 atom stereocenters. The predicted octanol–water partition coefficient (Wildman–Crippen LogP) is 1.80. The van der Waals surface area contributed by atoms with Crippen molar-refractivity contribution in [2.75, 3.05) is 24.6 Å². The van der Waals surface area contributed by atoms with Gasteiger partial charge >= 0.3 is 0 Å². The molecule has 2 amide bonds. The van der Waals surface area contributed by atoms with Gasteiger partial charge in [-0.2, -0.15) is 0 Å². The van der Waals surface area contributed by atoms with E-state index in [1.807, 2.05) is 19.1 Å². The number of nitrogens with zero attached hydrogens (tertiary/aromatic N) is 2. The van der Waals surface area contributed by atoms with E-state index in [2.05, 4.69) is 10.3 Å². The highest BCUT2D eigenvalue weighted by atomic mass is 16.5. The number of hydrogen-bond donors (Lipinski definition) is 1. The number of fused-ring (bicyclic) bond motifs is 1. The van der Waals surface area contributed by atoms with Gasteiger partial charge in [-0.05, 0) is 37.1 Å². The molecule has 6 nitrogen and oxygen atoms in total. The fraction of sp³-hybridized carbons (Fsp3) is 0.278. The molecule has 0 aliphatic carbocycles. The van der Waals surface area contributed by atoms with Crippen molar-refractivity contribution in [1.29, 1.82) is 0 Å². The van der Waals surface area contributed by atoms with Crippen LogP contribution >= 0.6 is 0 Å². The van der Waals surface area contributed by atoms with Gasteiger partial charge in [0, 0.05) is 24.6 Å². The van der Waals surface area contributed by atoms with Crippen LogP contribution < -0.4 is 15.0 Å². The molecule has 1 aliphatic rings. The molecule has 1 N–H and O–H groups in total. The first kappa shape index (κ1) is 16.0. The van der Waals surface area contributed by atoms with E-state index in [9.17, 15) is 9.59 Å². The summed E-state index contributed by atoms with van der Waals surface area (Å²) >= 11 is 0. The maximum atomic E-state index is 12.4. The number of anilines is 1. The Bertz CT molecular complexity index is 761. The number of benzene rings is 1. The molecular formula is C18H19N3O3. The zero-order valence-electron chi connectivity index (χ0n) is 13.5. The van der Waals surface area contributed by atoms with Crippen molar-refractivity contribution in [3.63, 3.8) is 0 Å². The van der Waals surface area contributed by atoms with Gasteiger partial charge < -0.3 is 15.0 Å². The Morgan fingerprint density at radius 1 is 1.29 bits per heavy atom. The molecule has 124 valence electrons. The second-order valence-corrected chi connectivity index (χ2v) is 5.41. The molecule has 6 heteroatoms. The summed E-state index contributed by atoms with van der Waals surface area (Å²) in [6, 6.07) is 8.82. The Balaban J connectivity index is 1.64. The molecule has 1 aliphatic heterocycles. The third-order valence-electron chi connectivity index (χ3n) is 3.91. The molecule has 0 spiro atoms. The average molecular weight is 325 g/mol. The van der Waals surface area contributed by atoms with Gasteiger partial charge in [0.05, 0.1) is 18.7 Å². The van der Waals surface area contributed by atoms with Gasteiger partial charge in [-0.15, -0.1) is 0 Å². The molecule has 1 aromatic heterocycles. The van der Waals surface area contributed by atoms with Crippen LogP contribution in [0.25, 0.3) is 0 Å². The van der Waals surface area contributed by atoms with E-state index >= 15 is 0 Å². The standard InChI is InChI=1S/C18H19N3O3/c1-2-24-16-6-4-3-5-14(16)18(23)20-12-17(22)21-10-8-13-11-19-9-7-15(13)21/h3-7,9,11H,2,8,10,12H2,1H3,(H,20,23). The Labute approximate surface area is 140 Å². The van der Waals surface area contributed by atoms with Crippen molar-refractivity contribution in [3.05, 3.63) is 53.9 Å². The smallest absolute Gasteiger partial charge is 0.255 e. The van der Waals surface area contributed by atoms with E-state index < -0.39 is 0 Å². The maximum absolute atomic E-state index is 12.4. The van der Waals surface area contributed by atoms with Gasteiger partial charge in [0.15, 0.2) is 0 Å². The van der Waals surface area contributed by atoms with E-state index in [-0.39, 0.29) is 18.4 Å². The second kappa shape index (κ2) is 7.12. The minimum absolute atomic E-state index is 0.0545. The monoisotopic (exact) mass is 325 g/mol. The van der Waals surface area contributed by atoms with Crippen LogP contribution in [-0.2, 0) is 11.2 Å². The van der Waals surface area contributed by atoms with E-state index in [1.54, 1.807) is 35.5 Å². The summed E-state index contributed by atoms with van der Waals surface area (Å²) in [7, 11) is 0. The van der Waals surface area contributed by atoms with Crippen LogP contribution in [0.2, 0.25) is 0 Å². The summed E-state index contributed by atoms with van der Waals surface area (Å²) < 4.78 is 5.45. The molecule has 0 radical (unpaired) electrons. The lowest BCUT2D eigenvalue weighted by Gasteiger charge is -2.17. The van der Waals surface area contributed by atoms with Crippen molar-refractivity contribution in [2.45, 2.75) is 13.3 Å². The minimum atomic E-state index is -0.318. The molecule has 0 saturated heterocycles. The van der Waals surface area contributed by atoms with Gasteiger partial charge in [0.1, 0.15) is 5.75 Å². The topological polar surface area (TPSA) is 71.5 Å². The van der Waals surface area contributed by atoms with E-state index in [0.29, 0.717) is 24.5 Å². The number of amides is 2. The van der Waals surface area contributed by atoms with Gasteiger partial charge in [-0.25, -0.2) is 0 Å². The number of ether oxygens (including phenoxy) is 1. The molecule has 2 aromatic rings. The van der Waals surface area contributed by atoms with Crippen LogP contribution in [0.5, 0.6) is 5.75 Å². The summed E-state index contributed by atoms with van der Waals surface area (Å²) in [5.74, 6) is 0.0614. The van der Waals surface area contributed by atoms with Crippen LogP contribution in [0.15, 0.2) is 42.7 Å². The van der Waals surface area contributed by atoms with Crippen LogP contribution in [0.1, 0.15) is 22.8 Å². The highest BCUT2D eigenvalue weighted by Crippen LogP contribution is 2.26. The van der Waals surface area contributed by atoms with Gasteiger partial charge in [0.25, 0.3) is 5.91 Å². The zero-order chi connectivity index (χ0) is 16.9. The molecule has 0 unspecified atom stereocenters. The largest absolute Gasteiger partial charge is 0.493 e. The summed E-state index contributed by atoms with van der Waals surface area (Å²) in [6.45, 7) is 2.89. The summed E-state index contributed by atoms with van der Waals surface area (Å²) in [5.41, 5.74) is 2.36. The Morgan fingerprint density at radius 3 is 2.96 bits per heavy atom. The lowest BCUT2D eigenvalue weighted by Crippen LogP contribution is -2.39. The van der Waals surface area contributed by atoms with E-state index in [0.717, 1.165) is 17.7 Å². The third kappa shape index (κ3) is 3.22. The van der Waals surface area contributed by atoms with Gasteiger partial charge in [-0.1, -0.05) is 12.1 Å².